The summed E-state index contributed by atoms with van der Waals surface area (Å²) < 4.78 is 28.1. The van der Waals surface area contributed by atoms with Crippen LogP contribution in [-0.4, -0.2) is 15.0 Å². The fraction of sp³-hybridized carbons (Fsp3) is 0.231. The fourth-order valence-electron chi connectivity index (χ4n) is 2.29. The van der Waals surface area contributed by atoms with Crippen molar-refractivity contribution in [3.63, 3.8) is 0 Å². The van der Waals surface area contributed by atoms with Gasteiger partial charge in [0.15, 0.2) is 0 Å². The molecule has 0 saturated heterocycles. The molecule has 100 valence electrons. The Morgan fingerprint density at radius 1 is 1.16 bits per heavy atom. The number of benzene rings is 1. The normalized spacial score (nSPS) is 15.3. The fourth-order valence-corrected chi connectivity index (χ4v) is 5.96. The highest BCUT2D eigenvalue weighted by atomic mass is 79.9. The van der Waals surface area contributed by atoms with Gasteiger partial charge in [-0.1, -0.05) is 18.2 Å². The number of hydrogen-bond acceptors (Lipinski definition) is 3. The molecule has 3 nitrogen and oxygen atoms in total. The molecule has 0 spiro atoms. The molecule has 2 heterocycles. The van der Waals surface area contributed by atoms with Gasteiger partial charge in [0.1, 0.15) is 4.21 Å². The lowest BCUT2D eigenvalue weighted by Crippen LogP contribution is -2.35. The highest BCUT2D eigenvalue weighted by molar-refractivity contribution is 9.11. The first kappa shape index (κ1) is 13.1. The molecular weight excluding hydrogens is 346 g/mol. The molecular formula is C13H12BrNO2S2. The van der Waals surface area contributed by atoms with Gasteiger partial charge >= 0.3 is 0 Å². The molecule has 0 aliphatic carbocycles. The first-order valence-electron chi connectivity index (χ1n) is 5.95. The maximum atomic E-state index is 12.7. The predicted molar refractivity (Wildman–Crippen MR) is 81.3 cm³/mol. The standard InChI is InChI=1S/C13H12BrNO2S2/c14-12-7-8-13(18-12)19(16,17)15-9-3-5-10-4-1-2-6-11(10)15/h1-2,4,6-8H,3,5,9H2. The number of sulfonamides is 1. The Labute approximate surface area is 125 Å². The van der Waals surface area contributed by atoms with E-state index in [1.165, 1.54) is 15.6 Å². The van der Waals surface area contributed by atoms with Crippen molar-refractivity contribution in [1.82, 2.24) is 0 Å². The molecule has 1 aromatic carbocycles. The van der Waals surface area contributed by atoms with Crippen LogP contribution in [-0.2, 0) is 16.4 Å². The molecule has 3 rings (SSSR count). The molecule has 1 aliphatic rings. The van der Waals surface area contributed by atoms with Crippen molar-refractivity contribution in [3.05, 3.63) is 45.7 Å². The van der Waals surface area contributed by atoms with Crippen molar-refractivity contribution in [3.8, 4) is 0 Å². The van der Waals surface area contributed by atoms with Gasteiger partial charge in [-0.05, 0) is 52.5 Å². The van der Waals surface area contributed by atoms with Gasteiger partial charge in [0.05, 0.1) is 9.47 Å². The Hall–Kier alpha value is -0.850. The summed E-state index contributed by atoms with van der Waals surface area (Å²) in [5.41, 5.74) is 1.92. The van der Waals surface area contributed by atoms with Crippen molar-refractivity contribution in [2.45, 2.75) is 17.1 Å². The molecule has 0 fully saturated rings. The average Bonchev–Trinajstić information content (AvgIpc) is 2.85. The number of fused-ring (bicyclic) bond motifs is 1. The third-order valence-electron chi connectivity index (χ3n) is 3.16. The molecule has 1 aliphatic heterocycles. The van der Waals surface area contributed by atoms with E-state index in [9.17, 15) is 8.42 Å². The first-order chi connectivity index (χ1) is 9.09. The zero-order valence-electron chi connectivity index (χ0n) is 10.0. The minimum atomic E-state index is -3.43. The summed E-state index contributed by atoms with van der Waals surface area (Å²) >= 11 is 4.57. The quantitative estimate of drug-likeness (QED) is 0.822. The lowest BCUT2D eigenvalue weighted by molar-refractivity contribution is 0.588. The predicted octanol–water partition coefficient (Wildman–Crippen LogP) is 3.65. The summed E-state index contributed by atoms with van der Waals surface area (Å²) in [7, 11) is -3.43. The number of hydrogen-bond donors (Lipinski definition) is 0. The maximum absolute atomic E-state index is 12.7. The molecule has 0 bridgehead atoms. The summed E-state index contributed by atoms with van der Waals surface area (Å²) in [6, 6.07) is 11.2. The molecule has 0 saturated carbocycles. The Balaban J connectivity index is 2.08. The Morgan fingerprint density at radius 3 is 2.68 bits per heavy atom. The van der Waals surface area contributed by atoms with E-state index in [2.05, 4.69) is 15.9 Å². The maximum Gasteiger partial charge on any atom is 0.273 e. The van der Waals surface area contributed by atoms with Crippen LogP contribution in [0.2, 0.25) is 0 Å². The van der Waals surface area contributed by atoms with E-state index in [1.54, 1.807) is 12.1 Å². The molecule has 0 N–H and O–H groups in total. The van der Waals surface area contributed by atoms with Gasteiger partial charge in [0.25, 0.3) is 10.0 Å². The van der Waals surface area contributed by atoms with Gasteiger partial charge in [-0.15, -0.1) is 11.3 Å². The molecule has 6 heteroatoms. The SMILES string of the molecule is O=S(=O)(c1ccc(Br)s1)N1CCCc2ccccc21. The Bertz CT molecular complexity index is 709. The number of halogens is 1. The highest BCUT2D eigenvalue weighted by Gasteiger charge is 2.29. The third-order valence-corrected chi connectivity index (χ3v) is 7.06. The average molecular weight is 358 g/mol. The van der Waals surface area contributed by atoms with Gasteiger partial charge in [0.2, 0.25) is 0 Å². The van der Waals surface area contributed by atoms with Crippen LogP contribution >= 0.6 is 27.3 Å². The van der Waals surface area contributed by atoms with Crippen molar-refractivity contribution in [2.24, 2.45) is 0 Å². The van der Waals surface area contributed by atoms with Crippen LogP contribution in [0.15, 0.2) is 44.4 Å². The van der Waals surface area contributed by atoms with E-state index in [0.717, 1.165) is 27.9 Å². The molecule has 0 radical (unpaired) electrons. The van der Waals surface area contributed by atoms with Crippen LogP contribution in [0.25, 0.3) is 0 Å². The summed E-state index contributed by atoms with van der Waals surface area (Å²) in [6.07, 6.45) is 1.80. The Morgan fingerprint density at radius 2 is 1.95 bits per heavy atom. The van der Waals surface area contributed by atoms with E-state index in [1.807, 2.05) is 24.3 Å². The van der Waals surface area contributed by atoms with Crippen molar-refractivity contribution < 1.29 is 8.42 Å². The van der Waals surface area contributed by atoms with Crippen LogP contribution in [0.5, 0.6) is 0 Å². The second-order valence-corrected chi connectivity index (χ2v) is 8.92. The van der Waals surface area contributed by atoms with Gasteiger partial charge < -0.3 is 0 Å². The lowest BCUT2D eigenvalue weighted by Gasteiger charge is -2.29. The number of nitrogens with zero attached hydrogens (tertiary/aromatic N) is 1. The number of rotatable bonds is 2. The van der Waals surface area contributed by atoms with E-state index >= 15 is 0 Å². The summed E-state index contributed by atoms with van der Waals surface area (Å²) in [6.45, 7) is 0.550. The number of anilines is 1. The van der Waals surface area contributed by atoms with Crippen LogP contribution in [0.3, 0.4) is 0 Å². The first-order valence-corrected chi connectivity index (χ1v) is 9.00. The van der Waals surface area contributed by atoms with Crippen LogP contribution in [0.1, 0.15) is 12.0 Å². The number of aryl methyl sites for hydroxylation is 1. The largest absolute Gasteiger partial charge is 0.273 e. The molecule has 19 heavy (non-hydrogen) atoms. The van der Waals surface area contributed by atoms with E-state index in [-0.39, 0.29) is 0 Å². The zero-order valence-corrected chi connectivity index (χ0v) is 13.3. The molecule has 0 atom stereocenters. The van der Waals surface area contributed by atoms with E-state index in [4.69, 9.17) is 0 Å². The van der Waals surface area contributed by atoms with Gasteiger partial charge in [0, 0.05) is 6.54 Å². The molecule has 1 aromatic heterocycles. The topological polar surface area (TPSA) is 37.4 Å². The summed E-state index contributed by atoms with van der Waals surface area (Å²) in [5.74, 6) is 0. The highest BCUT2D eigenvalue weighted by Crippen LogP contribution is 2.35. The molecule has 2 aromatic rings. The van der Waals surface area contributed by atoms with Crippen molar-refractivity contribution in [1.29, 1.82) is 0 Å². The number of para-hydroxylation sites is 1. The van der Waals surface area contributed by atoms with Crippen molar-refractivity contribution in [2.75, 3.05) is 10.8 Å². The summed E-state index contributed by atoms with van der Waals surface area (Å²) in [4.78, 5) is 0. The van der Waals surface area contributed by atoms with Crippen LogP contribution < -0.4 is 4.31 Å². The minimum Gasteiger partial charge on any atom is -0.265 e. The third kappa shape index (κ3) is 2.32. The second kappa shape index (κ2) is 4.92. The van der Waals surface area contributed by atoms with E-state index < -0.39 is 10.0 Å². The zero-order chi connectivity index (χ0) is 13.5. The van der Waals surface area contributed by atoms with Gasteiger partial charge in [-0.2, -0.15) is 0 Å². The second-order valence-electron chi connectivity index (χ2n) is 4.37. The molecule has 0 amide bonds. The number of thiophene rings is 1. The minimum absolute atomic E-state index is 0.385. The van der Waals surface area contributed by atoms with Gasteiger partial charge in [-0.25, -0.2) is 8.42 Å². The van der Waals surface area contributed by atoms with Gasteiger partial charge in [-0.3, -0.25) is 4.31 Å². The summed E-state index contributed by atoms with van der Waals surface area (Å²) in [5, 5.41) is 0. The van der Waals surface area contributed by atoms with E-state index in [0.29, 0.717) is 10.8 Å². The van der Waals surface area contributed by atoms with Crippen molar-refractivity contribution >= 4 is 43.0 Å². The van der Waals surface area contributed by atoms with Crippen LogP contribution in [0.4, 0.5) is 5.69 Å². The Kier molecular flexibility index (Phi) is 3.41. The lowest BCUT2D eigenvalue weighted by atomic mass is 10.0. The smallest absolute Gasteiger partial charge is 0.265 e. The molecule has 0 unspecified atom stereocenters. The van der Waals surface area contributed by atoms with Crippen LogP contribution in [0, 0.1) is 0 Å². The monoisotopic (exact) mass is 357 g/mol.